The second-order valence-electron chi connectivity index (χ2n) is 2.72. The maximum Gasteiger partial charge on any atom is 0.337 e. The zero-order valence-corrected chi connectivity index (χ0v) is 8.10. The number of hydrogen-bond donors (Lipinski definition) is 2. The lowest BCUT2D eigenvalue weighted by atomic mass is 10.2. The van der Waals surface area contributed by atoms with Crippen LogP contribution in [0.4, 0.5) is 5.69 Å². The van der Waals surface area contributed by atoms with Gasteiger partial charge in [0.15, 0.2) is 0 Å². The summed E-state index contributed by atoms with van der Waals surface area (Å²) in [5, 5.41) is 11.2. The van der Waals surface area contributed by atoms with Gasteiger partial charge < -0.3 is 10.4 Å². The largest absolute Gasteiger partial charge is 0.478 e. The third kappa shape index (κ3) is 2.91. The van der Waals surface area contributed by atoms with Crippen molar-refractivity contribution in [2.24, 2.45) is 0 Å². The Balaban J connectivity index is 2.94. The van der Waals surface area contributed by atoms with Gasteiger partial charge in [-0.2, -0.15) is 0 Å². The molecule has 0 saturated carbocycles. The number of carbonyl (C=O) groups is 2. The Hall–Kier alpha value is -2.17. The summed E-state index contributed by atoms with van der Waals surface area (Å²) < 4.78 is 0. The quantitative estimate of drug-likeness (QED) is 0.730. The number of aromatic nitrogens is 1. The Bertz CT molecular complexity index is 413. The van der Waals surface area contributed by atoms with E-state index in [0.29, 0.717) is 0 Å². The van der Waals surface area contributed by atoms with Crippen LogP contribution in [0, 0.1) is 0 Å². The first-order chi connectivity index (χ1) is 7.15. The Morgan fingerprint density at radius 3 is 2.87 bits per heavy atom. The van der Waals surface area contributed by atoms with Crippen LogP contribution in [0.25, 0.3) is 0 Å². The Kier molecular flexibility index (Phi) is 3.56. The molecule has 0 atom stereocenters. The van der Waals surface area contributed by atoms with Gasteiger partial charge >= 0.3 is 5.97 Å². The van der Waals surface area contributed by atoms with Crippen molar-refractivity contribution in [3.8, 4) is 0 Å². The van der Waals surface area contributed by atoms with Gasteiger partial charge in [-0.05, 0) is 19.1 Å². The van der Waals surface area contributed by atoms with E-state index in [2.05, 4.69) is 10.3 Å². The fourth-order valence-electron chi connectivity index (χ4n) is 1.01. The zero-order chi connectivity index (χ0) is 11.3. The fraction of sp³-hybridized carbons (Fsp3) is 0.100. The number of pyridine rings is 1. The molecule has 0 unspecified atom stereocenters. The summed E-state index contributed by atoms with van der Waals surface area (Å²) >= 11 is 0. The number of nitrogens with one attached hydrogen (secondary N) is 1. The highest BCUT2D eigenvalue weighted by Gasteiger charge is 2.10. The Morgan fingerprint density at radius 1 is 1.53 bits per heavy atom. The minimum absolute atomic E-state index is 0.0165. The summed E-state index contributed by atoms with van der Waals surface area (Å²) in [4.78, 5) is 25.7. The van der Waals surface area contributed by atoms with Crippen molar-refractivity contribution in [2.45, 2.75) is 6.92 Å². The minimum Gasteiger partial charge on any atom is -0.478 e. The van der Waals surface area contributed by atoms with Crippen molar-refractivity contribution in [1.82, 2.24) is 4.98 Å². The van der Waals surface area contributed by atoms with E-state index in [4.69, 9.17) is 5.11 Å². The molecule has 1 amide bonds. The highest BCUT2D eigenvalue weighted by Crippen LogP contribution is 2.12. The maximum absolute atomic E-state index is 11.2. The number of nitrogens with zero attached hydrogens (tertiary/aromatic N) is 1. The molecule has 0 bridgehead atoms. The van der Waals surface area contributed by atoms with Crippen molar-refractivity contribution in [3.63, 3.8) is 0 Å². The number of allylic oxidation sites excluding steroid dienone is 1. The Morgan fingerprint density at radius 2 is 2.27 bits per heavy atom. The summed E-state index contributed by atoms with van der Waals surface area (Å²) in [6, 6.07) is 1.33. The van der Waals surface area contributed by atoms with Crippen LogP contribution in [0.3, 0.4) is 0 Å². The third-order valence-corrected chi connectivity index (χ3v) is 1.63. The van der Waals surface area contributed by atoms with E-state index in [-0.39, 0.29) is 17.2 Å². The molecule has 0 aliphatic rings. The molecule has 0 fully saturated rings. The molecule has 15 heavy (non-hydrogen) atoms. The molecule has 5 heteroatoms. The van der Waals surface area contributed by atoms with Crippen LogP contribution >= 0.6 is 0 Å². The number of hydrogen-bond acceptors (Lipinski definition) is 3. The van der Waals surface area contributed by atoms with E-state index < -0.39 is 5.97 Å². The number of aromatic carboxylic acids is 1. The number of amides is 1. The van der Waals surface area contributed by atoms with E-state index in [9.17, 15) is 9.59 Å². The molecule has 0 aliphatic carbocycles. The van der Waals surface area contributed by atoms with E-state index in [1.165, 1.54) is 24.5 Å². The molecule has 1 aromatic heterocycles. The SMILES string of the molecule is CC=CC(=O)Nc1cnccc1C(=O)O. The zero-order valence-electron chi connectivity index (χ0n) is 8.10. The molecule has 0 aromatic carbocycles. The van der Waals surface area contributed by atoms with Crippen molar-refractivity contribution in [1.29, 1.82) is 0 Å². The lowest BCUT2D eigenvalue weighted by Crippen LogP contribution is -2.12. The average Bonchev–Trinajstić information content (AvgIpc) is 2.18. The van der Waals surface area contributed by atoms with Crippen molar-refractivity contribution in [2.75, 3.05) is 5.32 Å². The predicted molar refractivity (Wildman–Crippen MR) is 54.6 cm³/mol. The van der Waals surface area contributed by atoms with Crippen molar-refractivity contribution in [3.05, 3.63) is 36.2 Å². The van der Waals surface area contributed by atoms with Gasteiger partial charge in [-0.1, -0.05) is 6.08 Å². The van der Waals surface area contributed by atoms with Gasteiger partial charge in [-0.15, -0.1) is 0 Å². The number of carbonyl (C=O) groups excluding carboxylic acids is 1. The molecule has 0 radical (unpaired) electrons. The predicted octanol–water partition coefficient (Wildman–Crippen LogP) is 1.29. The first-order valence-corrected chi connectivity index (χ1v) is 4.26. The molecule has 0 saturated heterocycles. The lowest BCUT2D eigenvalue weighted by molar-refractivity contribution is -0.111. The monoisotopic (exact) mass is 206 g/mol. The molecular formula is C10H10N2O3. The first-order valence-electron chi connectivity index (χ1n) is 4.26. The molecule has 0 aliphatic heterocycles. The smallest absolute Gasteiger partial charge is 0.337 e. The number of carboxylic acids is 1. The van der Waals surface area contributed by atoms with Crippen LogP contribution in [-0.2, 0) is 4.79 Å². The third-order valence-electron chi connectivity index (χ3n) is 1.63. The standard InChI is InChI=1S/C10H10N2O3/c1-2-3-9(13)12-8-6-11-5-4-7(8)10(14)15/h2-6H,1H3,(H,12,13)(H,14,15). The fourth-order valence-corrected chi connectivity index (χ4v) is 1.01. The van der Waals surface area contributed by atoms with Crippen LogP contribution in [-0.4, -0.2) is 22.0 Å². The van der Waals surface area contributed by atoms with Crippen LogP contribution in [0.2, 0.25) is 0 Å². The number of rotatable bonds is 3. The van der Waals surface area contributed by atoms with Gasteiger partial charge in [0.25, 0.3) is 0 Å². The number of carboxylic acid groups (broad SMARTS) is 1. The summed E-state index contributed by atoms with van der Waals surface area (Å²) in [7, 11) is 0. The summed E-state index contributed by atoms with van der Waals surface area (Å²) in [6.45, 7) is 1.70. The molecule has 1 heterocycles. The van der Waals surface area contributed by atoms with Crippen LogP contribution in [0.15, 0.2) is 30.6 Å². The first kappa shape index (κ1) is 10.9. The second-order valence-corrected chi connectivity index (χ2v) is 2.72. The van der Waals surface area contributed by atoms with Crippen LogP contribution in [0.1, 0.15) is 17.3 Å². The van der Waals surface area contributed by atoms with Gasteiger partial charge in [0, 0.05) is 6.20 Å². The highest BCUT2D eigenvalue weighted by molar-refractivity contribution is 6.04. The van der Waals surface area contributed by atoms with E-state index >= 15 is 0 Å². The summed E-state index contributed by atoms with van der Waals surface area (Å²) in [5.74, 6) is -1.49. The molecule has 2 N–H and O–H groups in total. The van der Waals surface area contributed by atoms with Gasteiger partial charge in [0.05, 0.1) is 17.4 Å². The van der Waals surface area contributed by atoms with E-state index in [1.807, 2.05) is 0 Å². The molecule has 78 valence electrons. The molecule has 5 nitrogen and oxygen atoms in total. The van der Waals surface area contributed by atoms with Crippen LogP contribution in [0.5, 0.6) is 0 Å². The van der Waals surface area contributed by atoms with Crippen molar-refractivity contribution >= 4 is 17.6 Å². The molecule has 1 aromatic rings. The van der Waals surface area contributed by atoms with Gasteiger partial charge in [-0.3, -0.25) is 9.78 Å². The second kappa shape index (κ2) is 4.90. The lowest BCUT2D eigenvalue weighted by Gasteiger charge is -2.04. The molecule has 0 spiro atoms. The Labute approximate surface area is 86.5 Å². The van der Waals surface area contributed by atoms with E-state index in [1.54, 1.807) is 13.0 Å². The van der Waals surface area contributed by atoms with E-state index in [0.717, 1.165) is 0 Å². The normalized spacial score (nSPS) is 10.2. The number of anilines is 1. The van der Waals surface area contributed by atoms with Crippen molar-refractivity contribution < 1.29 is 14.7 Å². The molecule has 1 rings (SSSR count). The highest BCUT2D eigenvalue weighted by atomic mass is 16.4. The van der Waals surface area contributed by atoms with Crippen LogP contribution < -0.4 is 5.32 Å². The minimum atomic E-state index is -1.10. The average molecular weight is 206 g/mol. The van der Waals surface area contributed by atoms with Gasteiger partial charge in [-0.25, -0.2) is 4.79 Å². The van der Waals surface area contributed by atoms with Gasteiger partial charge in [0.1, 0.15) is 0 Å². The molecular weight excluding hydrogens is 196 g/mol. The summed E-state index contributed by atoms with van der Waals surface area (Å²) in [6.07, 6.45) is 5.52. The topological polar surface area (TPSA) is 79.3 Å². The maximum atomic E-state index is 11.2. The summed E-state index contributed by atoms with van der Waals surface area (Å²) in [5.41, 5.74) is 0.205. The van der Waals surface area contributed by atoms with Gasteiger partial charge in [0.2, 0.25) is 5.91 Å².